The minimum Gasteiger partial charge on any atom is -0.462 e. The number of hydrogen-bond donors (Lipinski definition) is 0. The maximum Gasteiger partial charge on any atom is 0.306 e. The molecule has 0 aliphatic carbocycles. The van der Waals surface area contributed by atoms with E-state index in [9.17, 15) is 14.4 Å². The Hall–Kier alpha value is -1.85. The van der Waals surface area contributed by atoms with Crippen molar-refractivity contribution in [3.8, 4) is 0 Å². The van der Waals surface area contributed by atoms with Gasteiger partial charge in [-0.3, -0.25) is 14.4 Å². The lowest BCUT2D eigenvalue weighted by molar-refractivity contribution is -0.167. The summed E-state index contributed by atoms with van der Waals surface area (Å²) in [5.41, 5.74) is 0. The molecular formula is C54H102O6. The molecule has 0 aliphatic heterocycles. The van der Waals surface area contributed by atoms with Crippen LogP contribution in [0, 0.1) is 0 Å². The Labute approximate surface area is 373 Å². The summed E-state index contributed by atoms with van der Waals surface area (Å²) in [6.07, 6.45) is 54.7. The van der Waals surface area contributed by atoms with Crippen LogP contribution in [0.5, 0.6) is 0 Å². The predicted molar refractivity (Wildman–Crippen MR) is 256 cm³/mol. The summed E-state index contributed by atoms with van der Waals surface area (Å²) in [7, 11) is 0. The fraction of sp³-hybridized carbons (Fsp3) is 0.907. The van der Waals surface area contributed by atoms with Gasteiger partial charge in [0.05, 0.1) is 0 Å². The number of hydrogen-bond acceptors (Lipinski definition) is 6. The van der Waals surface area contributed by atoms with Gasteiger partial charge in [0, 0.05) is 19.3 Å². The Morgan fingerprint density at radius 3 is 0.833 bits per heavy atom. The number of ether oxygens (including phenoxy) is 3. The van der Waals surface area contributed by atoms with Crippen molar-refractivity contribution >= 4 is 17.9 Å². The molecule has 0 amide bonds. The monoisotopic (exact) mass is 847 g/mol. The first kappa shape index (κ1) is 58.1. The summed E-state index contributed by atoms with van der Waals surface area (Å²) >= 11 is 0. The van der Waals surface area contributed by atoms with E-state index in [4.69, 9.17) is 14.2 Å². The molecule has 0 N–H and O–H groups in total. The van der Waals surface area contributed by atoms with Crippen LogP contribution >= 0.6 is 0 Å². The minimum atomic E-state index is -0.766. The van der Waals surface area contributed by atoms with Crippen molar-refractivity contribution in [1.29, 1.82) is 0 Å². The van der Waals surface area contributed by atoms with Crippen LogP contribution in [0.3, 0.4) is 0 Å². The molecule has 354 valence electrons. The fourth-order valence-electron chi connectivity index (χ4n) is 7.97. The summed E-state index contributed by atoms with van der Waals surface area (Å²) in [6.45, 7) is 6.66. The number of rotatable bonds is 49. The van der Waals surface area contributed by atoms with Crippen molar-refractivity contribution < 1.29 is 28.6 Å². The molecule has 0 radical (unpaired) electrons. The third-order valence-corrected chi connectivity index (χ3v) is 12.0. The molecule has 0 saturated carbocycles. The largest absolute Gasteiger partial charge is 0.462 e. The molecule has 1 unspecified atom stereocenters. The molecule has 6 heteroatoms. The first-order valence-corrected chi connectivity index (χ1v) is 26.7. The highest BCUT2D eigenvalue weighted by molar-refractivity contribution is 5.71. The van der Waals surface area contributed by atoms with Crippen LogP contribution < -0.4 is 0 Å². The van der Waals surface area contributed by atoms with Crippen molar-refractivity contribution in [3.05, 3.63) is 12.2 Å². The van der Waals surface area contributed by atoms with E-state index in [2.05, 4.69) is 32.9 Å². The fourth-order valence-corrected chi connectivity index (χ4v) is 7.97. The topological polar surface area (TPSA) is 78.9 Å². The van der Waals surface area contributed by atoms with E-state index in [1.54, 1.807) is 0 Å². The van der Waals surface area contributed by atoms with E-state index in [1.807, 2.05) is 0 Å². The number of unbranched alkanes of at least 4 members (excludes halogenated alkanes) is 36. The summed E-state index contributed by atoms with van der Waals surface area (Å²) in [5, 5.41) is 0. The van der Waals surface area contributed by atoms with Gasteiger partial charge in [0.1, 0.15) is 13.2 Å². The van der Waals surface area contributed by atoms with Gasteiger partial charge in [-0.25, -0.2) is 0 Å². The Morgan fingerprint density at radius 2 is 0.550 bits per heavy atom. The predicted octanol–water partition coefficient (Wildman–Crippen LogP) is 17.4. The smallest absolute Gasteiger partial charge is 0.306 e. The first-order chi connectivity index (χ1) is 29.5. The number of allylic oxidation sites excluding steroid dienone is 2. The number of carbonyl (C=O) groups excluding carboxylic acids is 3. The van der Waals surface area contributed by atoms with E-state index >= 15 is 0 Å². The first-order valence-electron chi connectivity index (χ1n) is 26.7. The van der Waals surface area contributed by atoms with Gasteiger partial charge < -0.3 is 14.2 Å². The van der Waals surface area contributed by atoms with Crippen LogP contribution in [0.1, 0.15) is 297 Å². The molecule has 0 aliphatic rings. The standard InChI is InChI=1S/C54H102O6/c1-4-7-10-13-16-19-22-25-28-31-34-37-40-43-46-52(55)58-49-51(60-54(57)48-45-42-39-36-33-30-27-24-21-18-15-12-9-6-3)50-59-53(56)47-44-41-38-35-32-29-26-23-20-17-14-11-8-5-2/h22,25,51H,4-21,23-24,26-50H2,1-3H3/b25-22-. The lowest BCUT2D eigenvalue weighted by Gasteiger charge is -2.18. The second-order valence-corrected chi connectivity index (χ2v) is 18.2. The van der Waals surface area contributed by atoms with Crippen LogP contribution in [0.2, 0.25) is 0 Å². The quantitative estimate of drug-likeness (QED) is 0.0263. The van der Waals surface area contributed by atoms with Gasteiger partial charge in [-0.15, -0.1) is 0 Å². The molecule has 0 rings (SSSR count). The van der Waals surface area contributed by atoms with Gasteiger partial charge >= 0.3 is 17.9 Å². The molecule has 0 saturated heterocycles. The molecule has 60 heavy (non-hydrogen) atoms. The SMILES string of the molecule is CCCCCCC/C=C\CCCCCCCC(=O)OCC(COC(=O)CCCCCCCCCCCCCCCC)OC(=O)CCCCCCCCCCCCCCCC. The Balaban J connectivity index is 4.33. The Morgan fingerprint density at radius 1 is 0.317 bits per heavy atom. The highest BCUT2D eigenvalue weighted by Crippen LogP contribution is 2.16. The number of carbonyl (C=O) groups is 3. The maximum atomic E-state index is 12.8. The highest BCUT2D eigenvalue weighted by atomic mass is 16.6. The molecule has 0 aromatic heterocycles. The third-order valence-electron chi connectivity index (χ3n) is 12.0. The van der Waals surface area contributed by atoms with Crippen molar-refractivity contribution in [2.75, 3.05) is 13.2 Å². The van der Waals surface area contributed by atoms with Crippen molar-refractivity contribution in [1.82, 2.24) is 0 Å². The zero-order valence-electron chi connectivity index (χ0n) is 40.5. The van der Waals surface area contributed by atoms with E-state index in [0.717, 1.165) is 64.2 Å². The Bertz CT molecular complexity index is 931. The van der Waals surface area contributed by atoms with E-state index in [1.165, 1.54) is 193 Å². The molecule has 0 aromatic carbocycles. The number of esters is 3. The highest BCUT2D eigenvalue weighted by Gasteiger charge is 2.19. The van der Waals surface area contributed by atoms with Gasteiger partial charge in [-0.05, 0) is 44.9 Å². The summed E-state index contributed by atoms with van der Waals surface area (Å²) < 4.78 is 16.8. The molecular weight excluding hydrogens is 745 g/mol. The molecule has 0 fully saturated rings. The second kappa shape index (κ2) is 49.8. The lowest BCUT2D eigenvalue weighted by Crippen LogP contribution is -2.30. The van der Waals surface area contributed by atoms with E-state index < -0.39 is 6.10 Å². The van der Waals surface area contributed by atoms with Crippen molar-refractivity contribution in [2.45, 2.75) is 303 Å². The molecule has 1 atom stereocenters. The van der Waals surface area contributed by atoms with Gasteiger partial charge in [-0.2, -0.15) is 0 Å². The summed E-state index contributed by atoms with van der Waals surface area (Å²) in [6, 6.07) is 0. The van der Waals surface area contributed by atoms with Gasteiger partial charge in [0.25, 0.3) is 0 Å². The van der Waals surface area contributed by atoms with Gasteiger partial charge in [-0.1, -0.05) is 245 Å². The third kappa shape index (κ3) is 47.2. The Kier molecular flexibility index (Phi) is 48.3. The van der Waals surface area contributed by atoms with E-state index in [-0.39, 0.29) is 31.1 Å². The molecule has 0 spiro atoms. The second-order valence-electron chi connectivity index (χ2n) is 18.2. The lowest BCUT2D eigenvalue weighted by atomic mass is 10.0. The van der Waals surface area contributed by atoms with E-state index in [0.29, 0.717) is 19.3 Å². The van der Waals surface area contributed by atoms with Gasteiger partial charge in [0.15, 0.2) is 6.10 Å². The zero-order valence-corrected chi connectivity index (χ0v) is 40.5. The van der Waals surface area contributed by atoms with Crippen LogP contribution in [0.25, 0.3) is 0 Å². The minimum absolute atomic E-state index is 0.0670. The van der Waals surface area contributed by atoms with Crippen molar-refractivity contribution in [2.24, 2.45) is 0 Å². The van der Waals surface area contributed by atoms with Crippen LogP contribution in [-0.2, 0) is 28.6 Å². The van der Waals surface area contributed by atoms with Crippen LogP contribution in [0.15, 0.2) is 12.2 Å². The van der Waals surface area contributed by atoms with Crippen LogP contribution in [-0.4, -0.2) is 37.2 Å². The maximum absolute atomic E-state index is 12.8. The molecule has 6 nitrogen and oxygen atoms in total. The average Bonchev–Trinajstić information content (AvgIpc) is 3.24. The molecule has 0 bridgehead atoms. The molecule has 0 aromatic rings. The van der Waals surface area contributed by atoms with Crippen molar-refractivity contribution in [3.63, 3.8) is 0 Å². The molecule has 0 heterocycles. The summed E-state index contributed by atoms with van der Waals surface area (Å²) in [4.78, 5) is 38.0. The van der Waals surface area contributed by atoms with Gasteiger partial charge in [0.2, 0.25) is 0 Å². The normalized spacial score (nSPS) is 12.0. The summed E-state index contributed by atoms with van der Waals surface area (Å²) in [5.74, 6) is -0.857. The van der Waals surface area contributed by atoms with Crippen LogP contribution in [0.4, 0.5) is 0 Å². The average molecular weight is 847 g/mol. The zero-order chi connectivity index (χ0) is 43.7.